The molecular formula is C32H54ClN3O2. The minimum absolute atomic E-state index is 0.0603. The van der Waals surface area contributed by atoms with Crippen LogP contribution in [0.5, 0.6) is 0 Å². The third-order valence-corrected chi connectivity index (χ3v) is 10.3. The molecule has 2 fully saturated rings. The van der Waals surface area contributed by atoms with Gasteiger partial charge in [-0.05, 0) is 92.7 Å². The molecule has 0 bridgehead atoms. The Morgan fingerprint density at radius 2 is 2.03 bits per heavy atom. The molecule has 5 nitrogen and oxygen atoms in total. The lowest BCUT2D eigenvalue weighted by Crippen LogP contribution is -2.54. The summed E-state index contributed by atoms with van der Waals surface area (Å²) in [5, 5.41) is 7.47. The molecule has 2 aliphatic heterocycles. The number of carbonyl (C=O) groups is 1. The first-order valence-corrected chi connectivity index (χ1v) is 15.9. The average Bonchev–Trinajstić information content (AvgIpc) is 2.89. The van der Waals surface area contributed by atoms with Crippen LogP contribution in [0.15, 0.2) is 23.8 Å². The van der Waals surface area contributed by atoms with E-state index in [0.717, 1.165) is 45.4 Å². The van der Waals surface area contributed by atoms with Gasteiger partial charge in [-0.1, -0.05) is 52.3 Å². The molecule has 6 heteroatoms. The third kappa shape index (κ3) is 7.86. The van der Waals surface area contributed by atoms with Crippen LogP contribution in [0.4, 0.5) is 0 Å². The Bertz CT molecular complexity index is 835. The summed E-state index contributed by atoms with van der Waals surface area (Å²) >= 11 is 6.33. The van der Waals surface area contributed by atoms with Crippen LogP contribution in [0.25, 0.3) is 0 Å². The number of carbonyl (C=O) groups excluding carboxylic acids is 1. The largest absolute Gasteiger partial charge is 0.380 e. The summed E-state index contributed by atoms with van der Waals surface area (Å²) in [6.45, 7) is 14.2. The van der Waals surface area contributed by atoms with Crippen LogP contribution in [0.2, 0.25) is 0 Å². The summed E-state index contributed by atoms with van der Waals surface area (Å²) in [4.78, 5) is 16.3. The van der Waals surface area contributed by atoms with Gasteiger partial charge in [0.15, 0.2) is 0 Å². The van der Waals surface area contributed by atoms with Gasteiger partial charge in [-0.2, -0.15) is 0 Å². The predicted molar refractivity (Wildman–Crippen MR) is 158 cm³/mol. The van der Waals surface area contributed by atoms with Gasteiger partial charge in [0.05, 0.1) is 17.9 Å². The van der Waals surface area contributed by atoms with E-state index in [1.54, 1.807) is 7.11 Å². The standard InChI is InChI=1S/C32H54ClN3O2/c1-22(2)30(19-36-15-13-28(32(3,4)21-36)24-9-11-27(33)12-10-24)35-31(37)26-17-23(20-38-5)16-25(18-26)29-8-6-7-14-34-29/h9,11,17,22,24-30,34H,6-8,10,12-16,18-21H2,1-5H3,(H,35,37)/t24?,25?,26?,27?,28?,29?,30-/m0/s1. The van der Waals surface area contributed by atoms with Crippen LogP contribution in [0.3, 0.4) is 0 Å². The zero-order chi connectivity index (χ0) is 27.3. The molecule has 2 aliphatic carbocycles. The lowest BCUT2D eigenvalue weighted by molar-refractivity contribution is -0.125. The van der Waals surface area contributed by atoms with Crippen molar-refractivity contribution in [2.75, 3.05) is 39.9 Å². The van der Waals surface area contributed by atoms with Crippen LogP contribution in [0.1, 0.15) is 79.1 Å². The Balaban J connectivity index is 1.37. The molecule has 2 N–H and O–H groups in total. The quantitative estimate of drug-likeness (QED) is 0.283. The van der Waals surface area contributed by atoms with Gasteiger partial charge in [0.2, 0.25) is 5.91 Å². The van der Waals surface area contributed by atoms with Crippen molar-refractivity contribution in [3.63, 3.8) is 0 Å². The highest BCUT2D eigenvalue weighted by molar-refractivity contribution is 6.21. The van der Waals surface area contributed by atoms with Gasteiger partial charge in [-0.15, -0.1) is 11.6 Å². The highest BCUT2D eigenvalue weighted by Gasteiger charge is 2.41. The van der Waals surface area contributed by atoms with Gasteiger partial charge in [-0.25, -0.2) is 0 Å². The number of nitrogens with one attached hydrogen (secondary N) is 2. The molecule has 0 aromatic carbocycles. The normalized spacial score (nSPS) is 35.1. The van der Waals surface area contributed by atoms with Gasteiger partial charge >= 0.3 is 0 Å². The SMILES string of the molecule is COCC1=CC(C(=O)N[C@@H](CN2CCC(C3C=CC(Cl)CC3)C(C)(C)C2)C(C)C)CC(C2CCCCN2)C1. The average molecular weight is 548 g/mol. The van der Waals surface area contributed by atoms with Crippen molar-refractivity contribution in [2.24, 2.45) is 35.0 Å². The summed E-state index contributed by atoms with van der Waals surface area (Å²) in [7, 11) is 1.76. The fourth-order valence-electron chi connectivity index (χ4n) is 7.80. The second-order valence-corrected chi connectivity index (χ2v) is 14.3. The van der Waals surface area contributed by atoms with E-state index in [2.05, 4.69) is 61.5 Å². The number of amides is 1. The molecule has 4 aliphatic rings. The van der Waals surface area contributed by atoms with Gasteiger partial charge < -0.3 is 20.3 Å². The smallest absolute Gasteiger partial charge is 0.227 e. The summed E-state index contributed by atoms with van der Waals surface area (Å²) in [5.74, 6) is 2.40. The number of halogens is 1. The van der Waals surface area contributed by atoms with Crippen molar-refractivity contribution in [2.45, 2.75) is 96.5 Å². The summed E-state index contributed by atoms with van der Waals surface area (Å²) < 4.78 is 5.50. The first kappa shape index (κ1) is 30.1. The van der Waals surface area contributed by atoms with Gasteiger partial charge in [0.1, 0.15) is 0 Å². The van der Waals surface area contributed by atoms with Crippen molar-refractivity contribution < 1.29 is 9.53 Å². The van der Waals surface area contributed by atoms with Crippen LogP contribution < -0.4 is 10.6 Å². The van der Waals surface area contributed by atoms with Gasteiger partial charge in [0.25, 0.3) is 0 Å². The second-order valence-electron chi connectivity index (χ2n) is 13.7. The van der Waals surface area contributed by atoms with Crippen molar-refractivity contribution in [1.29, 1.82) is 0 Å². The Morgan fingerprint density at radius 3 is 2.66 bits per heavy atom. The first-order chi connectivity index (χ1) is 18.2. The number of rotatable bonds is 9. The fraction of sp³-hybridized carbons (Fsp3) is 0.844. The molecule has 0 spiro atoms. The van der Waals surface area contributed by atoms with Gasteiger partial charge in [-0.3, -0.25) is 4.79 Å². The van der Waals surface area contributed by atoms with Crippen LogP contribution in [0, 0.1) is 35.0 Å². The molecule has 38 heavy (non-hydrogen) atoms. The molecule has 0 aromatic rings. The maximum absolute atomic E-state index is 13.7. The van der Waals surface area contributed by atoms with E-state index in [1.807, 2.05) is 0 Å². The van der Waals surface area contributed by atoms with E-state index in [4.69, 9.17) is 16.3 Å². The van der Waals surface area contributed by atoms with Crippen molar-refractivity contribution >= 4 is 17.5 Å². The Morgan fingerprint density at radius 1 is 1.21 bits per heavy atom. The van der Waals surface area contributed by atoms with E-state index < -0.39 is 0 Å². The number of hydrogen-bond acceptors (Lipinski definition) is 4. The maximum Gasteiger partial charge on any atom is 0.227 e. The third-order valence-electron chi connectivity index (χ3n) is 9.94. The molecular weight excluding hydrogens is 494 g/mol. The lowest BCUT2D eigenvalue weighted by Gasteiger charge is -2.48. The van der Waals surface area contributed by atoms with Crippen molar-refractivity contribution in [1.82, 2.24) is 15.5 Å². The first-order valence-electron chi connectivity index (χ1n) is 15.4. The number of ether oxygens (including phenoxy) is 1. The molecule has 2 saturated heterocycles. The highest BCUT2D eigenvalue weighted by Crippen LogP contribution is 2.43. The van der Waals surface area contributed by atoms with E-state index in [0.29, 0.717) is 36.3 Å². The Labute approximate surface area is 237 Å². The molecule has 0 radical (unpaired) electrons. The summed E-state index contributed by atoms with van der Waals surface area (Å²) in [6.07, 6.45) is 16.1. The van der Waals surface area contributed by atoms with E-state index in [1.165, 1.54) is 37.7 Å². The zero-order valence-corrected chi connectivity index (χ0v) is 25.4. The Kier molecular flexibility index (Phi) is 10.8. The summed E-state index contributed by atoms with van der Waals surface area (Å²) in [5.41, 5.74) is 1.54. The van der Waals surface area contributed by atoms with Crippen LogP contribution in [-0.2, 0) is 9.53 Å². The number of likely N-dealkylation sites (tertiary alicyclic amines) is 1. The molecule has 6 unspecified atom stereocenters. The number of alkyl halides is 1. The molecule has 0 aromatic heterocycles. The molecule has 216 valence electrons. The Hall–Kier alpha value is -0.880. The zero-order valence-electron chi connectivity index (χ0n) is 24.7. The van der Waals surface area contributed by atoms with Crippen molar-refractivity contribution in [3.8, 4) is 0 Å². The predicted octanol–water partition coefficient (Wildman–Crippen LogP) is 5.79. The van der Waals surface area contributed by atoms with Crippen LogP contribution in [-0.4, -0.2) is 68.2 Å². The molecule has 0 saturated carbocycles. The molecule has 4 rings (SSSR count). The molecule has 1 amide bonds. The van der Waals surface area contributed by atoms with E-state index >= 15 is 0 Å². The van der Waals surface area contributed by atoms with Crippen LogP contribution >= 0.6 is 11.6 Å². The molecule has 7 atom stereocenters. The number of hydrogen-bond donors (Lipinski definition) is 2. The van der Waals surface area contributed by atoms with Gasteiger partial charge in [0, 0.05) is 32.3 Å². The highest BCUT2D eigenvalue weighted by atomic mass is 35.5. The van der Waals surface area contributed by atoms with E-state index in [-0.39, 0.29) is 28.7 Å². The monoisotopic (exact) mass is 547 g/mol. The second kappa shape index (κ2) is 13.7. The topological polar surface area (TPSA) is 53.6 Å². The number of allylic oxidation sites excluding steroid dienone is 2. The van der Waals surface area contributed by atoms with Crippen molar-refractivity contribution in [3.05, 3.63) is 23.8 Å². The number of nitrogens with zero attached hydrogens (tertiary/aromatic N) is 1. The minimum atomic E-state index is -0.0603. The molecule has 2 heterocycles. The summed E-state index contributed by atoms with van der Waals surface area (Å²) in [6, 6.07) is 0.687. The fourth-order valence-corrected chi connectivity index (χ4v) is 8.01. The number of methoxy groups -OCH3 is 1. The minimum Gasteiger partial charge on any atom is -0.380 e. The number of piperidine rings is 2. The maximum atomic E-state index is 13.7. The lowest BCUT2D eigenvalue weighted by atomic mass is 9.65. The van der Waals surface area contributed by atoms with E-state index in [9.17, 15) is 4.79 Å².